The van der Waals surface area contributed by atoms with E-state index in [2.05, 4.69) is 0 Å². The molecule has 0 heterocycles. The second kappa shape index (κ2) is 5.51. The molecule has 0 spiro atoms. The second-order valence-corrected chi connectivity index (χ2v) is 5.30. The quantitative estimate of drug-likeness (QED) is 0.612. The minimum Gasteiger partial charge on any atom is -0.298 e. The van der Waals surface area contributed by atoms with Crippen molar-refractivity contribution in [2.24, 2.45) is 0 Å². The van der Waals surface area contributed by atoms with Crippen LogP contribution in [0.25, 0.3) is 0 Å². The molecule has 0 radical (unpaired) electrons. The average molecular weight is 257 g/mol. The fourth-order valence-corrected chi connectivity index (χ4v) is 2.77. The van der Waals surface area contributed by atoms with Crippen molar-refractivity contribution in [3.63, 3.8) is 0 Å². The van der Waals surface area contributed by atoms with E-state index in [-0.39, 0.29) is 11.6 Å². The van der Waals surface area contributed by atoms with E-state index in [9.17, 15) is 9.59 Å². The minimum atomic E-state index is -0.627. The molecule has 0 amide bonds. The number of thioether (sulfide) groups is 1. The van der Waals surface area contributed by atoms with Gasteiger partial charge in [-0.3, -0.25) is 9.59 Å². The molecule has 1 aromatic carbocycles. The van der Waals surface area contributed by atoms with Crippen LogP contribution in [0.1, 0.15) is 19.4 Å². The summed E-state index contributed by atoms with van der Waals surface area (Å²) in [4.78, 5) is 23.4. The Labute approximate surface area is 104 Å². The predicted molar refractivity (Wildman–Crippen MR) is 67.2 cm³/mol. The van der Waals surface area contributed by atoms with Gasteiger partial charge in [-0.25, -0.2) is 0 Å². The Balaban J connectivity index is 2.93. The van der Waals surface area contributed by atoms with E-state index in [4.69, 9.17) is 11.6 Å². The number of rotatable bonds is 4. The third kappa shape index (κ3) is 3.65. The minimum absolute atomic E-state index is 0.130. The summed E-state index contributed by atoms with van der Waals surface area (Å²) in [5, 5.41) is -0.00813. The van der Waals surface area contributed by atoms with Gasteiger partial charge in [-0.15, -0.1) is 11.8 Å². The van der Waals surface area contributed by atoms with Crippen LogP contribution >= 0.6 is 23.4 Å². The highest BCUT2D eigenvalue weighted by atomic mass is 35.5. The van der Waals surface area contributed by atoms with Crippen LogP contribution in [0.3, 0.4) is 0 Å². The Morgan fingerprint density at radius 1 is 1.19 bits per heavy atom. The summed E-state index contributed by atoms with van der Waals surface area (Å²) in [5.41, 5.74) is 1.01. The molecule has 4 heteroatoms. The summed E-state index contributed by atoms with van der Waals surface area (Å²) in [5.74, 6) is -0.259. The lowest BCUT2D eigenvalue weighted by Crippen LogP contribution is -2.22. The maximum Gasteiger partial charge on any atom is 0.150 e. The van der Waals surface area contributed by atoms with Gasteiger partial charge in [0, 0.05) is 9.92 Å². The molecule has 0 bridgehead atoms. The Bertz CT molecular complexity index is 395. The van der Waals surface area contributed by atoms with Crippen LogP contribution in [0.2, 0.25) is 5.02 Å². The number of aryl methyl sites for hydroxylation is 1. The van der Waals surface area contributed by atoms with E-state index >= 15 is 0 Å². The Hall–Kier alpha value is -0.800. The Kier molecular flexibility index (Phi) is 4.56. The van der Waals surface area contributed by atoms with Gasteiger partial charge in [0.25, 0.3) is 0 Å². The van der Waals surface area contributed by atoms with Crippen molar-refractivity contribution in [2.45, 2.75) is 30.9 Å². The molecule has 0 aliphatic carbocycles. The number of halogens is 1. The number of hydrogen-bond donors (Lipinski definition) is 0. The fraction of sp³-hybridized carbons (Fsp3) is 0.333. The zero-order valence-electron chi connectivity index (χ0n) is 9.41. The number of benzene rings is 1. The Morgan fingerprint density at radius 3 is 2.19 bits per heavy atom. The number of hydrogen-bond acceptors (Lipinski definition) is 3. The first-order valence-corrected chi connectivity index (χ1v) is 6.10. The van der Waals surface area contributed by atoms with E-state index in [1.165, 1.54) is 25.6 Å². The summed E-state index contributed by atoms with van der Waals surface area (Å²) < 4.78 is 0. The summed E-state index contributed by atoms with van der Waals surface area (Å²) in [6, 6.07) is 5.51. The molecule has 0 atom stereocenters. The summed E-state index contributed by atoms with van der Waals surface area (Å²) in [6.07, 6.45) is 0. The van der Waals surface area contributed by atoms with Gasteiger partial charge < -0.3 is 0 Å². The summed E-state index contributed by atoms with van der Waals surface area (Å²) in [6.45, 7) is 4.78. The molecule has 0 unspecified atom stereocenters. The molecule has 0 saturated heterocycles. The molecule has 16 heavy (non-hydrogen) atoms. The van der Waals surface area contributed by atoms with Crippen LogP contribution in [0.4, 0.5) is 0 Å². The molecule has 0 aliphatic rings. The molecular formula is C12H13ClO2S. The molecule has 1 rings (SSSR count). The lowest BCUT2D eigenvalue weighted by atomic mass is 10.2. The SMILES string of the molecule is CC(=O)C(Sc1cc(C)cc(Cl)c1)C(C)=O. The van der Waals surface area contributed by atoms with Crippen LogP contribution < -0.4 is 0 Å². The third-order valence-electron chi connectivity index (χ3n) is 2.01. The summed E-state index contributed by atoms with van der Waals surface area (Å²) in [7, 11) is 0. The van der Waals surface area contributed by atoms with Gasteiger partial charge in [-0.2, -0.15) is 0 Å². The van der Waals surface area contributed by atoms with Gasteiger partial charge in [0.2, 0.25) is 0 Å². The van der Waals surface area contributed by atoms with Crippen molar-refractivity contribution in [3.05, 3.63) is 28.8 Å². The van der Waals surface area contributed by atoms with Gasteiger partial charge >= 0.3 is 0 Å². The molecular weight excluding hydrogens is 244 g/mol. The van der Waals surface area contributed by atoms with Crippen molar-refractivity contribution in [1.82, 2.24) is 0 Å². The lowest BCUT2D eigenvalue weighted by Gasteiger charge is -2.10. The van der Waals surface area contributed by atoms with Gasteiger partial charge in [-0.1, -0.05) is 11.6 Å². The van der Waals surface area contributed by atoms with Crippen LogP contribution in [0, 0.1) is 6.92 Å². The number of Topliss-reactive ketones (excluding diaryl/α,β-unsaturated/α-hetero) is 2. The van der Waals surface area contributed by atoms with Crippen LogP contribution in [-0.2, 0) is 9.59 Å². The Morgan fingerprint density at radius 2 is 1.75 bits per heavy atom. The van der Waals surface area contributed by atoms with E-state index in [0.717, 1.165) is 10.5 Å². The lowest BCUT2D eigenvalue weighted by molar-refractivity contribution is -0.123. The standard InChI is InChI=1S/C12H13ClO2S/c1-7-4-10(13)6-11(5-7)16-12(8(2)14)9(3)15/h4-6,12H,1-3H3. The van der Waals surface area contributed by atoms with Crippen LogP contribution in [-0.4, -0.2) is 16.8 Å². The fourth-order valence-electron chi connectivity index (χ4n) is 1.36. The highest BCUT2D eigenvalue weighted by molar-refractivity contribution is 8.01. The number of ketones is 2. The highest BCUT2D eigenvalue weighted by Crippen LogP contribution is 2.28. The number of carbonyl (C=O) groups excluding carboxylic acids is 2. The monoisotopic (exact) mass is 256 g/mol. The van der Waals surface area contributed by atoms with Crippen molar-refractivity contribution < 1.29 is 9.59 Å². The zero-order valence-corrected chi connectivity index (χ0v) is 11.0. The molecule has 0 aromatic heterocycles. The van der Waals surface area contributed by atoms with Crippen LogP contribution in [0.5, 0.6) is 0 Å². The molecule has 0 N–H and O–H groups in total. The van der Waals surface area contributed by atoms with Crippen molar-refractivity contribution >= 4 is 34.9 Å². The highest BCUT2D eigenvalue weighted by Gasteiger charge is 2.20. The van der Waals surface area contributed by atoms with E-state index in [1.54, 1.807) is 6.07 Å². The normalized spacial score (nSPS) is 10.6. The largest absolute Gasteiger partial charge is 0.298 e. The molecule has 0 saturated carbocycles. The average Bonchev–Trinajstić information content (AvgIpc) is 2.11. The first kappa shape index (κ1) is 13.3. The molecule has 2 nitrogen and oxygen atoms in total. The van der Waals surface area contributed by atoms with E-state index in [0.29, 0.717) is 5.02 Å². The first-order chi connectivity index (χ1) is 7.40. The smallest absolute Gasteiger partial charge is 0.150 e. The zero-order chi connectivity index (χ0) is 12.3. The predicted octanol–water partition coefficient (Wildman–Crippen LogP) is 3.29. The summed E-state index contributed by atoms with van der Waals surface area (Å²) >= 11 is 7.16. The third-order valence-corrected chi connectivity index (χ3v) is 3.63. The molecule has 86 valence electrons. The van der Waals surface area contributed by atoms with Crippen molar-refractivity contribution in [2.75, 3.05) is 0 Å². The molecule has 1 aromatic rings. The van der Waals surface area contributed by atoms with E-state index < -0.39 is 5.25 Å². The molecule has 0 fully saturated rings. The molecule has 0 aliphatic heterocycles. The first-order valence-electron chi connectivity index (χ1n) is 4.85. The van der Waals surface area contributed by atoms with Gasteiger partial charge in [-0.05, 0) is 44.5 Å². The maximum atomic E-state index is 11.3. The van der Waals surface area contributed by atoms with E-state index in [1.807, 2.05) is 19.1 Å². The van der Waals surface area contributed by atoms with Gasteiger partial charge in [0.15, 0.2) is 11.6 Å². The topological polar surface area (TPSA) is 34.1 Å². The van der Waals surface area contributed by atoms with Crippen LogP contribution in [0.15, 0.2) is 23.1 Å². The van der Waals surface area contributed by atoms with Gasteiger partial charge in [0.1, 0.15) is 5.25 Å². The number of carbonyl (C=O) groups is 2. The second-order valence-electron chi connectivity index (χ2n) is 3.68. The maximum absolute atomic E-state index is 11.3. The van der Waals surface area contributed by atoms with Crippen molar-refractivity contribution in [3.8, 4) is 0 Å². The van der Waals surface area contributed by atoms with Crippen molar-refractivity contribution in [1.29, 1.82) is 0 Å². The van der Waals surface area contributed by atoms with Gasteiger partial charge in [0.05, 0.1) is 0 Å².